The number of hydrogen-bond acceptors (Lipinski definition) is 4. The van der Waals surface area contributed by atoms with E-state index in [1.165, 1.54) is 0 Å². The van der Waals surface area contributed by atoms with Crippen LogP contribution in [-0.4, -0.2) is 52.9 Å². The standard InChI is InChI=1S/C14H22N4O/c1-9-5-12(6-13(15)16-9)14(19)18-7-10(2)17(4)11(3)8-18/h5-6,10-11H,7-8H2,1-4H3,(H2,15,16). The summed E-state index contributed by atoms with van der Waals surface area (Å²) in [6, 6.07) is 4.19. The molecule has 1 aliphatic heterocycles. The van der Waals surface area contributed by atoms with Crippen molar-refractivity contribution in [1.82, 2.24) is 14.8 Å². The monoisotopic (exact) mass is 262 g/mol. The van der Waals surface area contributed by atoms with Gasteiger partial charge in [-0.2, -0.15) is 0 Å². The van der Waals surface area contributed by atoms with Crippen molar-refractivity contribution in [3.63, 3.8) is 0 Å². The largest absolute Gasteiger partial charge is 0.384 e. The number of aromatic nitrogens is 1. The minimum Gasteiger partial charge on any atom is -0.384 e. The Labute approximate surface area is 114 Å². The molecule has 1 aliphatic rings. The van der Waals surface area contributed by atoms with E-state index in [0.29, 0.717) is 23.5 Å². The number of anilines is 1. The normalized spacial score (nSPS) is 24.5. The summed E-state index contributed by atoms with van der Waals surface area (Å²) in [5.41, 5.74) is 7.12. The SMILES string of the molecule is Cc1cc(C(=O)N2CC(C)N(C)C(C)C2)cc(N)n1. The first kappa shape index (κ1) is 13.8. The lowest BCUT2D eigenvalue weighted by Gasteiger charge is -2.42. The Bertz CT molecular complexity index is 456. The van der Waals surface area contributed by atoms with Crippen LogP contribution in [0.2, 0.25) is 0 Å². The number of nitrogen functional groups attached to an aromatic ring is 1. The van der Waals surface area contributed by atoms with Crippen molar-refractivity contribution < 1.29 is 4.79 Å². The second kappa shape index (κ2) is 5.17. The topological polar surface area (TPSA) is 62.5 Å². The van der Waals surface area contributed by atoms with Crippen molar-refractivity contribution in [2.75, 3.05) is 25.9 Å². The average Bonchev–Trinajstić information content (AvgIpc) is 2.33. The van der Waals surface area contributed by atoms with Gasteiger partial charge in [0.05, 0.1) is 0 Å². The highest BCUT2D eigenvalue weighted by Crippen LogP contribution is 2.17. The molecule has 0 spiro atoms. The molecular weight excluding hydrogens is 240 g/mol. The van der Waals surface area contributed by atoms with Gasteiger partial charge in [-0.15, -0.1) is 0 Å². The van der Waals surface area contributed by atoms with Crippen molar-refractivity contribution in [2.24, 2.45) is 0 Å². The van der Waals surface area contributed by atoms with E-state index in [1.54, 1.807) is 12.1 Å². The Balaban J connectivity index is 2.20. The molecule has 5 heteroatoms. The highest BCUT2D eigenvalue weighted by Gasteiger charge is 2.29. The maximum absolute atomic E-state index is 12.5. The fraction of sp³-hybridized carbons (Fsp3) is 0.571. The molecule has 2 rings (SSSR count). The van der Waals surface area contributed by atoms with Crippen molar-refractivity contribution in [3.8, 4) is 0 Å². The zero-order valence-corrected chi connectivity index (χ0v) is 12.1. The molecular formula is C14H22N4O. The van der Waals surface area contributed by atoms with Gasteiger partial charge in [-0.05, 0) is 40.0 Å². The Kier molecular flexibility index (Phi) is 3.75. The molecule has 2 heterocycles. The summed E-state index contributed by atoms with van der Waals surface area (Å²) in [5.74, 6) is 0.447. The summed E-state index contributed by atoms with van der Waals surface area (Å²) in [6.07, 6.45) is 0. The Morgan fingerprint density at radius 2 is 1.89 bits per heavy atom. The van der Waals surface area contributed by atoms with Crippen molar-refractivity contribution in [1.29, 1.82) is 0 Å². The third-order valence-corrected chi connectivity index (χ3v) is 3.87. The number of likely N-dealkylation sites (N-methyl/N-ethyl adjacent to an activating group) is 1. The molecule has 0 saturated carbocycles. The molecule has 0 aliphatic carbocycles. The maximum Gasteiger partial charge on any atom is 0.254 e. The van der Waals surface area contributed by atoms with Gasteiger partial charge < -0.3 is 10.6 Å². The van der Waals surface area contributed by atoms with E-state index in [1.807, 2.05) is 11.8 Å². The van der Waals surface area contributed by atoms with Crippen LogP contribution in [0.15, 0.2) is 12.1 Å². The third-order valence-electron chi connectivity index (χ3n) is 3.87. The number of carbonyl (C=O) groups is 1. The summed E-state index contributed by atoms with van der Waals surface area (Å²) in [5, 5.41) is 0. The second-order valence-electron chi connectivity index (χ2n) is 5.50. The summed E-state index contributed by atoms with van der Waals surface area (Å²) in [4.78, 5) is 20.8. The first-order valence-electron chi connectivity index (χ1n) is 6.64. The van der Waals surface area contributed by atoms with Crippen LogP contribution in [0.5, 0.6) is 0 Å². The van der Waals surface area contributed by atoms with Crippen molar-refractivity contribution >= 4 is 11.7 Å². The van der Waals surface area contributed by atoms with E-state index >= 15 is 0 Å². The molecule has 1 fully saturated rings. The zero-order valence-electron chi connectivity index (χ0n) is 12.1. The molecule has 2 atom stereocenters. The molecule has 0 aromatic carbocycles. The van der Waals surface area contributed by atoms with Gasteiger partial charge in [0.2, 0.25) is 0 Å². The molecule has 1 aromatic heterocycles. The fourth-order valence-corrected chi connectivity index (χ4v) is 2.57. The summed E-state index contributed by atoms with van der Waals surface area (Å²) in [6.45, 7) is 7.63. The van der Waals surface area contributed by atoms with Gasteiger partial charge in [-0.25, -0.2) is 4.98 Å². The van der Waals surface area contributed by atoms with E-state index in [-0.39, 0.29) is 5.91 Å². The number of amides is 1. The van der Waals surface area contributed by atoms with Gasteiger partial charge >= 0.3 is 0 Å². The van der Waals surface area contributed by atoms with Crippen LogP contribution in [0.3, 0.4) is 0 Å². The lowest BCUT2D eigenvalue weighted by Crippen LogP contribution is -2.56. The maximum atomic E-state index is 12.5. The smallest absolute Gasteiger partial charge is 0.254 e. The number of nitrogens with two attached hydrogens (primary N) is 1. The lowest BCUT2D eigenvalue weighted by atomic mass is 10.1. The van der Waals surface area contributed by atoms with Gasteiger partial charge in [-0.1, -0.05) is 0 Å². The van der Waals surface area contributed by atoms with Gasteiger partial charge in [-0.3, -0.25) is 9.69 Å². The van der Waals surface area contributed by atoms with E-state index in [9.17, 15) is 4.79 Å². The van der Waals surface area contributed by atoms with Crippen LogP contribution in [0.4, 0.5) is 5.82 Å². The molecule has 1 saturated heterocycles. The third kappa shape index (κ3) is 2.87. The van der Waals surface area contributed by atoms with Crippen LogP contribution in [0.1, 0.15) is 29.9 Å². The molecule has 2 N–H and O–H groups in total. The van der Waals surface area contributed by atoms with E-state index < -0.39 is 0 Å². The second-order valence-corrected chi connectivity index (χ2v) is 5.50. The van der Waals surface area contributed by atoms with Gasteiger partial charge in [0, 0.05) is 36.4 Å². The minimum absolute atomic E-state index is 0.0454. The molecule has 19 heavy (non-hydrogen) atoms. The highest BCUT2D eigenvalue weighted by molar-refractivity contribution is 5.95. The molecule has 5 nitrogen and oxygen atoms in total. The number of aryl methyl sites for hydroxylation is 1. The van der Waals surface area contributed by atoms with Gasteiger partial charge in [0.1, 0.15) is 5.82 Å². The van der Waals surface area contributed by atoms with E-state index in [0.717, 1.165) is 18.8 Å². The molecule has 0 radical (unpaired) electrons. The Hall–Kier alpha value is -1.62. The predicted octanol–water partition coefficient (Wildman–Crippen LogP) is 1.14. The van der Waals surface area contributed by atoms with Crippen molar-refractivity contribution in [3.05, 3.63) is 23.4 Å². The van der Waals surface area contributed by atoms with E-state index in [4.69, 9.17) is 5.73 Å². The average molecular weight is 262 g/mol. The predicted molar refractivity (Wildman–Crippen MR) is 76.0 cm³/mol. The number of pyridine rings is 1. The van der Waals surface area contributed by atoms with Gasteiger partial charge in [0.25, 0.3) is 5.91 Å². The zero-order chi connectivity index (χ0) is 14.2. The lowest BCUT2D eigenvalue weighted by molar-refractivity contribution is 0.0414. The van der Waals surface area contributed by atoms with Crippen LogP contribution in [-0.2, 0) is 0 Å². The first-order chi connectivity index (χ1) is 8.88. The van der Waals surface area contributed by atoms with Crippen LogP contribution >= 0.6 is 0 Å². The molecule has 1 aromatic rings. The molecule has 2 unspecified atom stereocenters. The number of carbonyl (C=O) groups excluding carboxylic acids is 1. The summed E-state index contributed by atoms with van der Waals surface area (Å²) >= 11 is 0. The molecule has 104 valence electrons. The Morgan fingerprint density at radius 3 is 2.42 bits per heavy atom. The van der Waals surface area contributed by atoms with Crippen LogP contribution in [0.25, 0.3) is 0 Å². The highest BCUT2D eigenvalue weighted by atomic mass is 16.2. The first-order valence-corrected chi connectivity index (χ1v) is 6.64. The Morgan fingerprint density at radius 1 is 1.32 bits per heavy atom. The summed E-state index contributed by atoms with van der Waals surface area (Å²) < 4.78 is 0. The molecule has 0 bridgehead atoms. The van der Waals surface area contributed by atoms with Crippen LogP contribution in [0, 0.1) is 6.92 Å². The minimum atomic E-state index is 0.0454. The summed E-state index contributed by atoms with van der Waals surface area (Å²) in [7, 11) is 2.10. The van der Waals surface area contributed by atoms with Crippen molar-refractivity contribution in [2.45, 2.75) is 32.9 Å². The van der Waals surface area contributed by atoms with E-state index in [2.05, 4.69) is 30.8 Å². The number of hydrogen-bond donors (Lipinski definition) is 1. The number of rotatable bonds is 1. The van der Waals surface area contributed by atoms with Gasteiger partial charge in [0.15, 0.2) is 0 Å². The molecule has 1 amide bonds. The fourth-order valence-electron chi connectivity index (χ4n) is 2.57. The number of piperazine rings is 1. The van der Waals surface area contributed by atoms with Crippen LogP contribution < -0.4 is 5.73 Å². The number of nitrogens with zero attached hydrogens (tertiary/aromatic N) is 3. The quantitative estimate of drug-likeness (QED) is 0.824.